The van der Waals surface area contributed by atoms with Gasteiger partial charge in [-0.2, -0.15) is 0 Å². The fourth-order valence-corrected chi connectivity index (χ4v) is 4.96. The van der Waals surface area contributed by atoms with Crippen molar-refractivity contribution in [1.82, 2.24) is 10.2 Å². The molecule has 1 saturated heterocycles. The van der Waals surface area contributed by atoms with Crippen molar-refractivity contribution in [2.75, 3.05) is 37.6 Å². The molecule has 0 radical (unpaired) electrons. The second kappa shape index (κ2) is 9.28. The first-order valence-corrected chi connectivity index (χ1v) is 11.7. The third kappa shape index (κ3) is 5.28. The second-order valence-electron chi connectivity index (χ2n) is 8.72. The molecule has 0 aromatic heterocycles. The van der Waals surface area contributed by atoms with E-state index in [-0.39, 0.29) is 11.8 Å². The molecule has 2 fully saturated rings. The molecular weight excluding hydrogens is 405 g/mol. The van der Waals surface area contributed by atoms with E-state index < -0.39 is 0 Å². The van der Waals surface area contributed by atoms with Crippen molar-refractivity contribution < 1.29 is 4.79 Å². The van der Waals surface area contributed by atoms with Gasteiger partial charge in [-0.1, -0.05) is 42.6 Å². The maximum absolute atomic E-state index is 12.6. The SMILES string of the molecule is CCC1CCC(NC(=O)[C@H]2C=C2CN2CCN(c3ccc(Cl)c(Cl)c3)CC2)CC1. The summed E-state index contributed by atoms with van der Waals surface area (Å²) in [4.78, 5) is 17.3. The molecule has 1 N–H and O–H groups in total. The molecule has 1 aromatic carbocycles. The van der Waals surface area contributed by atoms with Crippen LogP contribution in [0.25, 0.3) is 0 Å². The van der Waals surface area contributed by atoms with Crippen molar-refractivity contribution in [3.63, 3.8) is 0 Å². The highest BCUT2D eigenvalue weighted by molar-refractivity contribution is 6.42. The van der Waals surface area contributed by atoms with E-state index in [0.29, 0.717) is 16.1 Å². The maximum atomic E-state index is 12.6. The van der Waals surface area contributed by atoms with Crippen molar-refractivity contribution in [2.24, 2.45) is 11.8 Å². The number of nitrogens with one attached hydrogen (secondary N) is 1. The Balaban J connectivity index is 1.18. The van der Waals surface area contributed by atoms with Crippen LogP contribution in [-0.2, 0) is 4.79 Å². The van der Waals surface area contributed by atoms with Gasteiger partial charge < -0.3 is 10.2 Å². The summed E-state index contributed by atoms with van der Waals surface area (Å²) in [5, 5.41) is 4.49. The summed E-state index contributed by atoms with van der Waals surface area (Å²) >= 11 is 12.2. The van der Waals surface area contributed by atoms with Crippen LogP contribution in [0.5, 0.6) is 0 Å². The summed E-state index contributed by atoms with van der Waals surface area (Å²) in [5.41, 5.74) is 2.41. The molecule has 0 spiro atoms. The maximum Gasteiger partial charge on any atom is 0.231 e. The third-order valence-electron chi connectivity index (χ3n) is 6.77. The van der Waals surface area contributed by atoms with E-state index in [1.54, 1.807) is 0 Å². The second-order valence-corrected chi connectivity index (χ2v) is 9.53. The minimum absolute atomic E-state index is 0.0343. The molecule has 0 bridgehead atoms. The van der Waals surface area contributed by atoms with Gasteiger partial charge >= 0.3 is 0 Å². The summed E-state index contributed by atoms with van der Waals surface area (Å²) in [6.45, 7) is 7.09. The van der Waals surface area contributed by atoms with E-state index in [1.807, 2.05) is 18.2 Å². The molecule has 4 rings (SSSR count). The summed E-state index contributed by atoms with van der Waals surface area (Å²) in [5.74, 6) is 1.11. The van der Waals surface area contributed by atoms with Crippen LogP contribution in [0.2, 0.25) is 10.0 Å². The van der Waals surface area contributed by atoms with E-state index in [4.69, 9.17) is 23.2 Å². The Morgan fingerprint density at radius 3 is 2.45 bits per heavy atom. The average Bonchev–Trinajstić information content (AvgIpc) is 3.50. The van der Waals surface area contributed by atoms with Gasteiger partial charge in [0.25, 0.3) is 0 Å². The standard InChI is InChI=1S/C23H31Cl2N3O/c1-2-16-3-5-18(6-4-16)26-23(29)20-13-17(20)15-27-9-11-28(12-10-27)19-7-8-21(24)22(25)14-19/h7-8,13-14,16,18,20H,2-6,9-12,15H2,1H3,(H,26,29)/t16?,18?,20-/m0/s1. The van der Waals surface area contributed by atoms with Gasteiger partial charge in [0, 0.05) is 44.5 Å². The zero-order valence-corrected chi connectivity index (χ0v) is 18.7. The van der Waals surface area contributed by atoms with Gasteiger partial charge in [0.2, 0.25) is 5.91 Å². The van der Waals surface area contributed by atoms with Crippen LogP contribution in [0.1, 0.15) is 39.0 Å². The number of hydrogen-bond acceptors (Lipinski definition) is 3. The Labute approximate surface area is 184 Å². The van der Waals surface area contributed by atoms with Crippen LogP contribution in [0.3, 0.4) is 0 Å². The van der Waals surface area contributed by atoms with Crippen molar-refractivity contribution in [3.05, 3.63) is 39.9 Å². The molecule has 29 heavy (non-hydrogen) atoms. The number of halogens is 2. The number of piperazine rings is 1. The van der Waals surface area contributed by atoms with Crippen LogP contribution in [0.15, 0.2) is 29.8 Å². The first-order chi connectivity index (χ1) is 14.0. The molecular formula is C23H31Cl2N3O. The monoisotopic (exact) mass is 435 g/mol. The highest BCUT2D eigenvalue weighted by atomic mass is 35.5. The lowest BCUT2D eigenvalue weighted by atomic mass is 9.84. The molecule has 1 saturated carbocycles. The number of rotatable bonds is 6. The molecule has 6 heteroatoms. The predicted octanol–water partition coefficient (Wildman–Crippen LogP) is 4.76. The summed E-state index contributed by atoms with van der Waals surface area (Å²) in [7, 11) is 0. The fourth-order valence-electron chi connectivity index (χ4n) is 4.67. The topological polar surface area (TPSA) is 35.6 Å². The highest BCUT2D eigenvalue weighted by Gasteiger charge is 2.35. The first kappa shape index (κ1) is 21.0. The third-order valence-corrected chi connectivity index (χ3v) is 7.51. The Hall–Kier alpha value is -1.23. The van der Waals surface area contributed by atoms with Crippen molar-refractivity contribution in [3.8, 4) is 0 Å². The summed E-state index contributed by atoms with van der Waals surface area (Å²) in [6, 6.07) is 6.22. The van der Waals surface area contributed by atoms with Gasteiger partial charge in [-0.25, -0.2) is 0 Å². The molecule has 1 atom stereocenters. The van der Waals surface area contributed by atoms with Crippen LogP contribution in [0, 0.1) is 11.8 Å². The quantitative estimate of drug-likeness (QED) is 0.654. The average molecular weight is 436 g/mol. The van der Waals surface area contributed by atoms with Gasteiger partial charge in [0.05, 0.1) is 16.0 Å². The van der Waals surface area contributed by atoms with E-state index >= 15 is 0 Å². The number of carbonyl (C=O) groups is 1. The van der Waals surface area contributed by atoms with Gasteiger partial charge in [-0.15, -0.1) is 0 Å². The Bertz CT molecular complexity index is 765. The number of benzene rings is 1. The lowest BCUT2D eigenvalue weighted by molar-refractivity contribution is -0.122. The number of amides is 1. The molecule has 1 heterocycles. The van der Waals surface area contributed by atoms with Crippen LogP contribution in [-0.4, -0.2) is 49.6 Å². The van der Waals surface area contributed by atoms with Crippen LogP contribution >= 0.6 is 23.2 Å². The first-order valence-electron chi connectivity index (χ1n) is 11.0. The molecule has 3 aliphatic rings. The molecule has 1 amide bonds. The van der Waals surface area contributed by atoms with Gasteiger partial charge in [0.15, 0.2) is 0 Å². The minimum Gasteiger partial charge on any atom is -0.369 e. The van der Waals surface area contributed by atoms with Crippen molar-refractivity contribution in [1.29, 1.82) is 0 Å². The number of anilines is 1. The van der Waals surface area contributed by atoms with Crippen molar-refractivity contribution in [2.45, 2.75) is 45.1 Å². The molecule has 4 nitrogen and oxygen atoms in total. The highest BCUT2D eigenvalue weighted by Crippen LogP contribution is 2.32. The number of nitrogens with zero attached hydrogens (tertiary/aromatic N) is 2. The van der Waals surface area contributed by atoms with Crippen LogP contribution in [0.4, 0.5) is 5.69 Å². The van der Waals surface area contributed by atoms with E-state index in [0.717, 1.165) is 57.2 Å². The van der Waals surface area contributed by atoms with Gasteiger partial charge in [0.1, 0.15) is 0 Å². The largest absolute Gasteiger partial charge is 0.369 e. The minimum atomic E-state index is 0.0343. The molecule has 0 unspecified atom stereocenters. The lowest BCUT2D eigenvalue weighted by Crippen LogP contribution is -2.47. The normalized spacial score (nSPS) is 27.5. The zero-order valence-electron chi connectivity index (χ0n) is 17.2. The zero-order chi connectivity index (χ0) is 20.4. The smallest absolute Gasteiger partial charge is 0.231 e. The van der Waals surface area contributed by atoms with Gasteiger partial charge in [-0.3, -0.25) is 9.69 Å². The number of hydrogen-bond donors (Lipinski definition) is 1. The van der Waals surface area contributed by atoms with E-state index in [9.17, 15) is 4.79 Å². The van der Waals surface area contributed by atoms with Gasteiger partial charge in [-0.05, 0) is 55.4 Å². The summed E-state index contributed by atoms with van der Waals surface area (Å²) < 4.78 is 0. The molecule has 2 aliphatic carbocycles. The molecule has 1 aromatic rings. The van der Waals surface area contributed by atoms with E-state index in [2.05, 4.69) is 28.1 Å². The lowest BCUT2D eigenvalue weighted by Gasteiger charge is -2.36. The Morgan fingerprint density at radius 2 is 1.79 bits per heavy atom. The fraction of sp³-hybridized carbons (Fsp3) is 0.609. The van der Waals surface area contributed by atoms with Crippen LogP contribution < -0.4 is 10.2 Å². The predicted molar refractivity (Wildman–Crippen MR) is 121 cm³/mol. The Kier molecular flexibility index (Phi) is 6.73. The Morgan fingerprint density at radius 1 is 1.07 bits per heavy atom. The number of carbonyl (C=O) groups excluding carboxylic acids is 1. The van der Waals surface area contributed by atoms with E-state index in [1.165, 1.54) is 24.8 Å². The van der Waals surface area contributed by atoms with Crippen molar-refractivity contribution >= 4 is 34.8 Å². The summed E-state index contributed by atoms with van der Waals surface area (Å²) in [6.07, 6.45) is 8.21. The molecule has 158 valence electrons. The molecule has 1 aliphatic heterocycles.